The van der Waals surface area contributed by atoms with E-state index in [0.29, 0.717) is 23.9 Å². The van der Waals surface area contributed by atoms with Gasteiger partial charge in [-0.3, -0.25) is 4.98 Å². The van der Waals surface area contributed by atoms with Gasteiger partial charge in [0.2, 0.25) is 0 Å². The van der Waals surface area contributed by atoms with Crippen LogP contribution in [0.5, 0.6) is 5.75 Å². The van der Waals surface area contributed by atoms with Crippen molar-refractivity contribution in [3.8, 4) is 5.75 Å². The Bertz CT molecular complexity index is 459. The van der Waals surface area contributed by atoms with E-state index in [-0.39, 0.29) is 0 Å². The van der Waals surface area contributed by atoms with Crippen molar-refractivity contribution in [2.75, 3.05) is 0 Å². The van der Waals surface area contributed by atoms with Crippen molar-refractivity contribution < 1.29 is 4.74 Å². The number of nitrogens with two attached hydrogens (primary N) is 1. The minimum Gasteiger partial charge on any atom is -0.486 e. The maximum absolute atomic E-state index is 6.06. The highest BCUT2D eigenvalue weighted by atomic mass is 35.5. The molecule has 2 N–H and O–H groups in total. The maximum Gasteiger partial charge on any atom is 0.142 e. The molecule has 0 atom stereocenters. The fourth-order valence-electron chi connectivity index (χ4n) is 1.33. The van der Waals surface area contributed by atoms with E-state index in [1.165, 1.54) is 0 Å². The summed E-state index contributed by atoms with van der Waals surface area (Å²) in [6.07, 6.45) is 1.78. The van der Waals surface area contributed by atoms with Gasteiger partial charge in [0, 0.05) is 18.3 Å². The van der Waals surface area contributed by atoms with E-state index >= 15 is 0 Å². The fourth-order valence-corrected chi connectivity index (χ4v) is 2.09. The summed E-state index contributed by atoms with van der Waals surface area (Å²) in [6.45, 7) is 0.889. The molecule has 3 nitrogen and oxygen atoms in total. The Hall–Kier alpha value is -1.10. The predicted molar refractivity (Wildman–Crippen MR) is 65.8 cm³/mol. The molecule has 0 unspecified atom stereocenters. The van der Waals surface area contributed by atoms with Crippen molar-refractivity contribution >= 4 is 22.9 Å². The second kappa shape index (κ2) is 5.30. The van der Waals surface area contributed by atoms with Crippen LogP contribution in [0.4, 0.5) is 0 Å². The summed E-state index contributed by atoms with van der Waals surface area (Å²) in [6, 6.07) is 5.57. The quantitative estimate of drug-likeness (QED) is 0.913. The summed E-state index contributed by atoms with van der Waals surface area (Å²) in [5, 5.41) is 0.590. The first-order chi connectivity index (χ1) is 7.81. The van der Waals surface area contributed by atoms with Crippen LogP contribution >= 0.6 is 22.9 Å². The van der Waals surface area contributed by atoms with Crippen LogP contribution < -0.4 is 10.5 Å². The lowest BCUT2D eigenvalue weighted by Crippen LogP contribution is -2.02. The molecule has 2 aromatic rings. The molecule has 2 rings (SSSR count). The minimum absolute atomic E-state index is 0.415. The SMILES string of the molecule is NCc1cccc(Cl)c1OCc1cncs1. The van der Waals surface area contributed by atoms with E-state index in [4.69, 9.17) is 22.1 Å². The van der Waals surface area contributed by atoms with E-state index in [2.05, 4.69) is 4.98 Å². The Morgan fingerprint density at radius 2 is 2.31 bits per heavy atom. The summed E-state index contributed by atoms with van der Waals surface area (Å²) in [7, 11) is 0. The van der Waals surface area contributed by atoms with Gasteiger partial charge in [0.15, 0.2) is 0 Å². The Morgan fingerprint density at radius 1 is 1.44 bits per heavy atom. The Balaban J connectivity index is 2.14. The van der Waals surface area contributed by atoms with Crippen molar-refractivity contribution in [2.45, 2.75) is 13.2 Å². The van der Waals surface area contributed by atoms with Crippen LogP contribution in [-0.4, -0.2) is 4.98 Å². The first kappa shape index (κ1) is 11.4. The summed E-state index contributed by atoms with van der Waals surface area (Å²) in [4.78, 5) is 5.04. The number of ether oxygens (including phenoxy) is 1. The topological polar surface area (TPSA) is 48.1 Å². The fraction of sp³-hybridized carbons (Fsp3) is 0.182. The summed E-state index contributed by atoms with van der Waals surface area (Å²) in [5.74, 6) is 0.667. The third-order valence-electron chi connectivity index (χ3n) is 2.11. The second-order valence-electron chi connectivity index (χ2n) is 3.19. The molecule has 0 aliphatic carbocycles. The Morgan fingerprint density at radius 3 is 3.00 bits per heavy atom. The van der Waals surface area contributed by atoms with Gasteiger partial charge in [0.25, 0.3) is 0 Å². The zero-order valence-electron chi connectivity index (χ0n) is 8.52. The molecule has 0 radical (unpaired) electrons. The van der Waals surface area contributed by atoms with Crippen LogP contribution in [0.3, 0.4) is 0 Å². The van der Waals surface area contributed by atoms with Gasteiger partial charge in [-0.25, -0.2) is 0 Å². The van der Waals surface area contributed by atoms with Gasteiger partial charge in [-0.2, -0.15) is 0 Å². The molecule has 0 spiro atoms. The van der Waals surface area contributed by atoms with Gasteiger partial charge in [-0.1, -0.05) is 23.7 Å². The van der Waals surface area contributed by atoms with Crippen LogP contribution in [0.1, 0.15) is 10.4 Å². The summed E-state index contributed by atoms with van der Waals surface area (Å²) >= 11 is 7.61. The van der Waals surface area contributed by atoms with Gasteiger partial charge in [-0.15, -0.1) is 11.3 Å². The van der Waals surface area contributed by atoms with Crippen molar-refractivity contribution in [3.63, 3.8) is 0 Å². The average Bonchev–Trinajstić information content (AvgIpc) is 2.80. The third-order valence-corrected chi connectivity index (χ3v) is 3.16. The lowest BCUT2D eigenvalue weighted by Gasteiger charge is -2.10. The minimum atomic E-state index is 0.415. The van der Waals surface area contributed by atoms with Gasteiger partial charge >= 0.3 is 0 Å². The monoisotopic (exact) mass is 254 g/mol. The van der Waals surface area contributed by atoms with Crippen LogP contribution in [0.15, 0.2) is 29.9 Å². The highest BCUT2D eigenvalue weighted by Crippen LogP contribution is 2.29. The molecule has 0 fully saturated rings. The van der Waals surface area contributed by atoms with E-state index in [1.807, 2.05) is 12.1 Å². The molecule has 1 aromatic heterocycles. The molecular weight excluding hydrogens is 244 g/mol. The molecule has 0 aliphatic rings. The molecule has 0 bridgehead atoms. The van der Waals surface area contributed by atoms with E-state index < -0.39 is 0 Å². The molecule has 16 heavy (non-hydrogen) atoms. The molecule has 1 aromatic carbocycles. The largest absolute Gasteiger partial charge is 0.486 e. The molecular formula is C11H11ClN2OS. The Kier molecular flexibility index (Phi) is 3.77. The first-order valence-electron chi connectivity index (χ1n) is 4.79. The summed E-state index contributed by atoms with van der Waals surface area (Å²) in [5.41, 5.74) is 8.31. The second-order valence-corrected chi connectivity index (χ2v) is 4.57. The van der Waals surface area contributed by atoms with Crippen LogP contribution in [0.25, 0.3) is 0 Å². The zero-order chi connectivity index (χ0) is 11.4. The zero-order valence-corrected chi connectivity index (χ0v) is 10.1. The average molecular weight is 255 g/mol. The molecule has 1 heterocycles. The highest BCUT2D eigenvalue weighted by molar-refractivity contribution is 7.09. The van der Waals surface area contributed by atoms with Crippen molar-refractivity contribution in [3.05, 3.63) is 45.4 Å². The molecule has 0 amide bonds. The number of nitrogens with zero attached hydrogens (tertiary/aromatic N) is 1. The molecule has 0 saturated heterocycles. The molecule has 0 aliphatic heterocycles. The predicted octanol–water partition coefficient (Wildman–Crippen LogP) is 2.83. The lowest BCUT2D eigenvalue weighted by atomic mass is 10.2. The molecule has 5 heteroatoms. The highest BCUT2D eigenvalue weighted by Gasteiger charge is 2.07. The van der Waals surface area contributed by atoms with E-state index in [1.54, 1.807) is 29.1 Å². The number of hydrogen-bond donors (Lipinski definition) is 1. The van der Waals surface area contributed by atoms with Gasteiger partial charge in [0.1, 0.15) is 12.4 Å². The Labute approximate surface area is 103 Å². The number of halogens is 1. The number of hydrogen-bond acceptors (Lipinski definition) is 4. The van der Waals surface area contributed by atoms with Crippen LogP contribution in [0.2, 0.25) is 5.02 Å². The number of para-hydroxylation sites is 1. The standard InChI is InChI=1S/C11H11ClN2OS/c12-10-3-1-2-8(4-13)11(10)15-6-9-5-14-7-16-9/h1-3,5,7H,4,6,13H2. The molecule has 0 saturated carbocycles. The van der Waals surface area contributed by atoms with Crippen LogP contribution in [-0.2, 0) is 13.2 Å². The maximum atomic E-state index is 6.06. The van der Waals surface area contributed by atoms with E-state index in [0.717, 1.165) is 10.4 Å². The van der Waals surface area contributed by atoms with E-state index in [9.17, 15) is 0 Å². The third kappa shape index (κ3) is 2.52. The van der Waals surface area contributed by atoms with Gasteiger partial charge < -0.3 is 10.5 Å². The number of aromatic nitrogens is 1. The van der Waals surface area contributed by atoms with Crippen molar-refractivity contribution in [2.24, 2.45) is 5.73 Å². The number of rotatable bonds is 4. The normalized spacial score (nSPS) is 10.4. The van der Waals surface area contributed by atoms with Crippen LogP contribution in [0, 0.1) is 0 Å². The van der Waals surface area contributed by atoms with Gasteiger partial charge in [-0.05, 0) is 6.07 Å². The number of benzene rings is 1. The number of thiazole rings is 1. The van der Waals surface area contributed by atoms with Gasteiger partial charge in [0.05, 0.1) is 15.4 Å². The first-order valence-corrected chi connectivity index (χ1v) is 6.04. The van der Waals surface area contributed by atoms with Crippen molar-refractivity contribution in [1.29, 1.82) is 0 Å². The molecule has 84 valence electrons. The summed E-state index contributed by atoms with van der Waals surface area (Å²) < 4.78 is 5.66. The lowest BCUT2D eigenvalue weighted by molar-refractivity contribution is 0.306. The van der Waals surface area contributed by atoms with Crippen molar-refractivity contribution in [1.82, 2.24) is 4.98 Å². The smallest absolute Gasteiger partial charge is 0.142 e.